The van der Waals surface area contributed by atoms with Crippen LogP contribution in [0.25, 0.3) is 0 Å². The van der Waals surface area contributed by atoms with Gasteiger partial charge in [0.15, 0.2) is 0 Å². The van der Waals surface area contributed by atoms with Crippen molar-refractivity contribution in [3.63, 3.8) is 0 Å². The predicted octanol–water partition coefficient (Wildman–Crippen LogP) is 3.53. The van der Waals surface area contributed by atoms with Gasteiger partial charge < -0.3 is 10.0 Å². The second-order valence-corrected chi connectivity index (χ2v) is 7.83. The smallest absolute Gasteiger partial charge is 0.311 e. The Morgan fingerprint density at radius 1 is 1.25 bits per heavy atom. The minimum absolute atomic E-state index is 0.0407. The molecule has 1 aromatic rings. The van der Waals surface area contributed by atoms with Crippen LogP contribution in [0.2, 0.25) is 0 Å². The molecule has 1 aliphatic heterocycles. The molecule has 1 atom stereocenters. The molecule has 2 fully saturated rings. The van der Waals surface area contributed by atoms with Crippen molar-refractivity contribution in [2.75, 3.05) is 13.1 Å². The Kier molecular flexibility index (Phi) is 4.66. The lowest BCUT2D eigenvalue weighted by atomic mass is 9.70. The van der Waals surface area contributed by atoms with Gasteiger partial charge in [0, 0.05) is 19.5 Å². The number of carbonyl (C=O) groups excluding carboxylic acids is 1. The molecule has 1 unspecified atom stereocenters. The van der Waals surface area contributed by atoms with Crippen LogP contribution in [0.15, 0.2) is 30.3 Å². The third kappa shape index (κ3) is 3.06. The second kappa shape index (κ2) is 6.58. The van der Waals surface area contributed by atoms with Crippen LogP contribution in [-0.2, 0) is 9.59 Å². The first-order valence-electron chi connectivity index (χ1n) is 8.98. The Balaban J connectivity index is 1.52. The van der Waals surface area contributed by atoms with E-state index in [-0.39, 0.29) is 11.8 Å². The molecule has 0 spiro atoms. The van der Waals surface area contributed by atoms with Gasteiger partial charge in [-0.3, -0.25) is 9.59 Å². The van der Waals surface area contributed by atoms with E-state index in [1.807, 2.05) is 19.9 Å². The lowest BCUT2D eigenvalue weighted by molar-refractivity contribution is -0.151. The van der Waals surface area contributed by atoms with Crippen molar-refractivity contribution in [2.45, 2.75) is 45.4 Å². The molecule has 0 radical (unpaired) electrons. The van der Waals surface area contributed by atoms with E-state index in [1.54, 1.807) is 4.90 Å². The molecule has 130 valence electrons. The van der Waals surface area contributed by atoms with Crippen LogP contribution >= 0.6 is 0 Å². The van der Waals surface area contributed by atoms with Crippen molar-refractivity contribution in [2.24, 2.45) is 17.3 Å². The number of likely N-dealkylation sites (tertiary alicyclic amines) is 1. The van der Waals surface area contributed by atoms with Crippen LogP contribution in [-0.4, -0.2) is 35.0 Å². The summed E-state index contributed by atoms with van der Waals surface area (Å²) in [6, 6.07) is 10.5. The number of rotatable bonds is 5. The van der Waals surface area contributed by atoms with Gasteiger partial charge in [0.25, 0.3) is 0 Å². The largest absolute Gasteiger partial charge is 0.481 e. The van der Waals surface area contributed by atoms with Crippen LogP contribution in [0, 0.1) is 17.3 Å². The summed E-state index contributed by atoms with van der Waals surface area (Å²) >= 11 is 0. The Bertz CT molecular complexity index is 607. The molecular formula is C20H27NO3. The number of hydrogen-bond acceptors (Lipinski definition) is 2. The van der Waals surface area contributed by atoms with Crippen molar-refractivity contribution in [1.82, 2.24) is 4.90 Å². The average Bonchev–Trinajstić information content (AvgIpc) is 2.98. The van der Waals surface area contributed by atoms with E-state index in [0.29, 0.717) is 37.8 Å². The number of carboxylic acids is 1. The summed E-state index contributed by atoms with van der Waals surface area (Å²) < 4.78 is 0. The molecule has 24 heavy (non-hydrogen) atoms. The number of nitrogens with zero attached hydrogens (tertiary/aromatic N) is 1. The molecule has 3 rings (SSSR count). The average molecular weight is 329 g/mol. The van der Waals surface area contributed by atoms with Crippen molar-refractivity contribution in [3.05, 3.63) is 35.9 Å². The fourth-order valence-electron chi connectivity index (χ4n) is 4.21. The molecular weight excluding hydrogens is 302 g/mol. The zero-order valence-corrected chi connectivity index (χ0v) is 14.6. The molecule has 0 aromatic heterocycles. The standard InChI is InChI=1S/C20H27NO3/c1-14(2)20(19(23)24)8-9-21(13-20)18(22)12-15-10-17(11-15)16-6-4-3-5-7-16/h3-7,14-15,17H,8-13H2,1-2H3,(H,23,24). The second-order valence-electron chi connectivity index (χ2n) is 7.83. The van der Waals surface area contributed by atoms with Crippen LogP contribution in [0.1, 0.15) is 51.0 Å². The van der Waals surface area contributed by atoms with Gasteiger partial charge in [-0.25, -0.2) is 0 Å². The Morgan fingerprint density at radius 2 is 1.92 bits per heavy atom. The van der Waals surface area contributed by atoms with E-state index in [2.05, 4.69) is 24.3 Å². The topological polar surface area (TPSA) is 57.6 Å². The molecule has 0 bridgehead atoms. The summed E-state index contributed by atoms with van der Waals surface area (Å²) in [5.74, 6) is 0.438. The first-order valence-corrected chi connectivity index (χ1v) is 8.98. The minimum atomic E-state index is -0.763. The van der Waals surface area contributed by atoms with Crippen molar-refractivity contribution >= 4 is 11.9 Å². The zero-order chi connectivity index (χ0) is 17.3. The summed E-state index contributed by atoms with van der Waals surface area (Å²) in [7, 11) is 0. The molecule has 2 aliphatic rings. The SMILES string of the molecule is CC(C)C1(C(=O)O)CCN(C(=O)CC2CC(c3ccccc3)C2)C1. The number of carbonyl (C=O) groups is 2. The van der Waals surface area contributed by atoms with Crippen LogP contribution in [0.4, 0.5) is 0 Å². The molecule has 1 amide bonds. The van der Waals surface area contributed by atoms with Crippen molar-refractivity contribution in [3.8, 4) is 0 Å². The fraction of sp³-hybridized carbons (Fsp3) is 0.600. The van der Waals surface area contributed by atoms with E-state index in [1.165, 1.54) is 5.56 Å². The van der Waals surface area contributed by atoms with Gasteiger partial charge in [-0.15, -0.1) is 0 Å². The zero-order valence-electron chi connectivity index (χ0n) is 14.6. The molecule has 1 aliphatic carbocycles. The Morgan fingerprint density at radius 3 is 2.46 bits per heavy atom. The number of amides is 1. The summed E-state index contributed by atoms with van der Waals surface area (Å²) in [6.07, 6.45) is 3.27. The highest BCUT2D eigenvalue weighted by molar-refractivity contribution is 5.81. The van der Waals surface area contributed by atoms with Crippen molar-refractivity contribution in [1.29, 1.82) is 0 Å². The van der Waals surface area contributed by atoms with Crippen molar-refractivity contribution < 1.29 is 14.7 Å². The molecule has 1 heterocycles. The molecule has 1 saturated heterocycles. The number of aliphatic carboxylic acids is 1. The van der Waals surface area contributed by atoms with Crippen LogP contribution in [0.3, 0.4) is 0 Å². The maximum atomic E-state index is 12.6. The Labute approximate surface area is 143 Å². The molecule has 4 nitrogen and oxygen atoms in total. The van der Waals surface area contributed by atoms with E-state index >= 15 is 0 Å². The Hall–Kier alpha value is -1.84. The predicted molar refractivity (Wildman–Crippen MR) is 92.6 cm³/mol. The van der Waals surface area contributed by atoms with E-state index in [9.17, 15) is 14.7 Å². The molecule has 1 saturated carbocycles. The quantitative estimate of drug-likeness (QED) is 0.899. The number of hydrogen-bond donors (Lipinski definition) is 1. The summed E-state index contributed by atoms with van der Waals surface area (Å²) in [5, 5.41) is 9.60. The summed E-state index contributed by atoms with van der Waals surface area (Å²) in [6.45, 7) is 4.84. The van der Waals surface area contributed by atoms with E-state index in [0.717, 1.165) is 12.8 Å². The highest BCUT2D eigenvalue weighted by Gasteiger charge is 2.48. The van der Waals surface area contributed by atoms with E-state index < -0.39 is 11.4 Å². The number of benzene rings is 1. The van der Waals surface area contributed by atoms with Crippen LogP contribution < -0.4 is 0 Å². The fourth-order valence-corrected chi connectivity index (χ4v) is 4.21. The van der Waals surface area contributed by atoms with Gasteiger partial charge in [0.2, 0.25) is 5.91 Å². The van der Waals surface area contributed by atoms with Gasteiger partial charge >= 0.3 is 5.97 Å². The lowest BCUT2D eigenvalue weighted by Gasteiger charge is -2.36. The van der Waals surface area contributed by atoms with Gasteiger partial charge in [0.05, 0.1) is 5.41 Å². The van der Waals surface area contributed by atoms with Gasteiger partial charge in [0.1, 0.15) is 0 Å². The summed E-state index contributed by atoms with van der Waals surface area (Å²) in [5.41, 5.74) is 0.606. The molecule has 1 N–H and O–H groups in total. The van der Waals surface area contributed by atoms with Gasteiger partial charge in [-0.2, -0.15) is 0 Å². The van der Waals surface area contributed by atoms with E-state index in [4.69, 9.17) is 0 Å². The third-order valence-electron chi connectivity index (χ3n) is 6.15. The molecule has 1 aromatic carbocycles. The third-order valence-corrected chi connectivity index (χ3v) is 6.15. The van der Waals surface area contributed by atoms with Gasteiger partial charge in [-0.1, -0.05) is 44.2 Å². The van der Waals surface area contributed by atoms with Crippen LogP contribution in [0.5, 0.6) is 0 Å². The lowest BCUT2D eigenvalue weighted by Crippen LogP contribution is -2.41. The first kappa shape index (κ1) is 17.0. The highest BCUT2D eigenvalue weighted by Crippen LogP contribution is 2.44. The minimum Gasteiger partial charge on any atom is -0.481 e. The first-order chi connectivity index (χ1) is 11.4. The maximum absolute atomic E-state index is 12.6. The summed E-state index contributed by atoms with van der Waals surface area (Å²) in [4.78, 5) is 26.0. The normalized spacial score (nSPS) is 29.5. The maximum Gasteiger partial charge on any atom is 0.311 e. The number of carboxylic acid groups (broad SMARTS) is 1. The highest BCUT2D eigenvalue weighted by atomic mass is 16.4. The molecule has 4 heteroatoms. The van der Waals surface area contributed by atoms with Gasteiger partial charge in [-0.05, 0) is 42.6 Å². The monoisotopic (exact) mass is 329 g/mol.